The van der Waals surface area contributed by atoms with Crippen LogP contribution in [-0.2, 0) is 0 Å². The Balaban J connectivity index is 1.98. The summed E-state index contributed by atoms with van der Waals surface area (Å²) in [6, 6.07) is 10.8. The van der Waals surface area contributed by atoms with Gasteiger partial charge in [0.1, 0.15) is 5.69 Å². The van der Waals surface area contributed by atoms with Crippen molar-refractivity contribution in [2.24, 2.45) is 0 Å². The first-order valence-corrected chi connectivity index (χ1v) is 7.47. The monoisotopic (exact) mass is 295 g/mol. The van der Waals surface area contributed by atoms with Crippen LogP contribution in [0.2, 0.25) is 0 Å². The number of H-pyrrole nitrogens is 1. The largest absolute Gasteiger partial charge is 0.342 e. The summed E-state index contributed by atoms with van der Waals surface area (Å²) < 4.78 is 2.23. The van der Waals surface area contributed by atoms with E-state index in [-0.39, 0.29) is 6.04 Å². The van der Waals surface area contributed by atoms with Gasteiger partial charge < -0.3 is 14.5 Å². The number of hydrogen-bond acceptors (Lipinski definition) is 3. The van der Waals surface area contributed by atoms with Crippen molar-refractivity contribution in [1.29, 1.82) is 0 Å². The third kappa shape index (κ3) is 3.09. The van der Waals surface area contributed by atoms with Gasteiger partial charge in [-0.3, -0.25) is 0 Å². The van der Waals surface area contributed by atoms with Gasteiger partial charge in [-0.05, 0) is 32.6 Å². The first kappa shape index (κ1) is 14.5. The van der Waals surface area contributed by atoms with Gasteiger partial charge in [0.2, 0.25) is 0 Å². The molecule has 22 heavy (non-hydrogen) atoms. The average molecular weight is 295 g/mol. The fraction of sp³-hybridized carbons (Fsp3) is 0.294. The molecule has 2 heterocycles. The standard InChI is InChI=1S/C17H21N5/c1-21(2)10-8-16(14-6-4-3-5-7-14)22-11-9-19-17(22)15-12-18-13-20-15/h3-7,9,11-13,16H,8,10H2,1-2H3,(H,18,20). The van der Waals surface area contributed by atoms with Gasteiger partial charge in [0.15, 0.2) is 5.82 Å². The third-order valence-electron chi connectivity index (χ3n) is 3.78. The van der Waals surface area contributed by atoms with Crippen molar-refractivity contribution < 1.29 is 0 Å². The molecule has 3 aromatic rings. The number of aromatic nitrogens is 4. The highest BCUT2D eigenvalue weighted by Gasteiger charge is 2.18. The topological polar surface area (TPSA) is 49.7 Å². The normalized spacial score (nSPS) is 12.7. The molecule has 5 heteroatoms. The Kier molecular flexibility index (Phi) is 4.34. The second-order valence-corrected chi connectivity index (χ2v) is 5.64. The van der Waals surface area contributed by atoms with Gasteiger partial charge in [0, 0.05) is 12.4 Å². The van der Waals surface area contributed by atoms with E-state index in [2.05, 4.69) is 68.8 Å². The Morgan fingerprint density at radius 3 is 2.73 bits per heavy atom. The van der Waals surface area contributed by atoms with Crippen molar-refractivity contribution >= 4 is 0 Å². The van der Waals surface area contributed by atoms with Crippen LogP contribution >= 0.6 is 0 Å². The van der Waals surface area contributed by atoms with Crippen LogP contribution in [0.1, 0.15) is 18.0 Å². The molecule has 5 nitrogen and oxygen atoms in total. The lowest BCUT2D eigenvalue weighted by Gasteiger charge is -2.23. The summed E-state index contributed by atoms with van der Waals surface area (Å²) >= 11 is 0. The zero-order valence-electron chi connectivity index (χ0n) is 13.0. The number of nitrogens with one attached hydrogen (secondary N) is 1. The van der Waals surface area contributed by atoms with Crippen LogP contribution in [0, 0.1) is 0 Å². The molecule has 3 rings (SSSR count). The molecule has 114 valence electrons. The van der Waals surface area contributed by atoms with Crippen LogP contribution in [0.5, 0.6) is 0 Å². The number of imidazole rings is 2. The number of aromatic amines is 1. The molecule has 1 atom stereocenters. The molecule has 0 saturated heterocycles. The van der Waals surface area contributed by atoms with E-state index < -0.39 is 0 Å². The summed E-state index contributed by atoms with van der Waals surface area (Å²) in [5, 5.41) is 0. The van der Waals surface area contributed by atoms with Crippen LogP contribution in [0.15, 0.2) is 55.2 Å². The lowest BCUT2D eigenvalue weighted by atomic mass is 10.0. The molecule has 0 spiro atoms. The van der Waals surface area contributed by atoms with E-state index in [9.17, 15) is 0 Å². The van der Waals surface area contributed by atoms with Crippen molar-refractivity contribution in [2.45, 2.75) is 12.5 Å². The molecule has 0 aliphatic carbocycles. The Bertz CT molecular complexity index is 685. The molecule has 1 aromatic carbocycles. The number of rotatable bonds is 6. The van der Waals surface area contributed by atoms with E-state index >= 15 is 0 Å². The quantitative estimate of drug-likeness (QED) is 0.761. The lowest BCUT2D eigenvalue weighted by Crippen LogP contribution is -2.20. The third-order valence-corrected chi connectivity index (χ3v) is 3.78. The number of hydrogen-bond donors (Lipinski definition) is 1. The molecular formula is C17H21N5. The van der Waals surface area contributed by atoms with Gasteiger partial charge >= 0.3 is 0 Å². The minimum atomic E-state index is 0.254. The summed E-state index contributed by atoms with van der Waals surface area (Å²) in [5.41, 5.74) is 2.24. The maximum absolute atomic E-state index is 4.51. The second-order valence-electron chi connectivity index (χ2n) is 5.64. The van der Waals surface area contributed by atoms with Crippen molar-refractivity contribution in [2.75, 3.05) is 20.6 Å². The van der Waals surface area contributed by atoms with Crippen LogP contribution in [0.25, 0.3) is 11.5 Å². The van der Waals surface area contributed by atoms with E-state index in [0.717, 1.165) is 24.5 Å². The van der Waals surface area contributed by atoms with Crippen LogP contribution in [-0.4, -0.2) is 45.1 Å². The molecule has 0 fully saturated rings. The molecule has 1 unspecified atom stereocenters. The Hall–Kier alpha value is -2.40. The van der Waals surface area contributed by atoms with E-state index in [1.165, 1.54) is 5.56 Å². The summed E-state index contributed by atoms with van der Waals surface area (Å²) in [6.07, 6.45) is 8.41. The first-order chi connectivity index (χ1) is 10.8. The van der Waals surface area contributed by atoms with Gasteiger partial charge in [-0.2, -0.15) is 0 Å². The van der Waals surface area contributed by atoms with E-state index in [1.54, 1.807) is 6.33 Å². The van der Waals surface area contributed by atoms with Crippen LogP contribution < -0.4 is 0 Å². The Morgan fingerprint density at radius 2 is 2.05 bits per heavy atom. The molecule has 1 N–H and O–H groups in total. The highest BCUT2D eigenvalue weighted by molar-refractivity contribution is 5.48. The highest BCUT2D eigenvalue weighted by Crippen LogP contribution is 2.27. The van der Waals surface area contributed by atoms with Gasteiger partial charge in [0.25, 0.3) is 0 Å². The van der Waals surface area contributed by atoms with Gasteiger partial charge in [0.05, 0.1) is 18.6 Å². The summed E-state index contributed by atoms with van der Waals surface area (Å²) in [7, 11) is 4.21. The van der Waals surface area contributed by atoms with Gasteiger partial charge in [-0.1, -0.05) is 30.3 Å². The first-order valence-electron chi connectivity index (χ1n) is 7.47. The zero-order chi connectivity index (χ0) is 15.4. The van der Waals surface area contributed by atoms with Gasteiger partial charge in [-0.15, -0.1) is 0 Å². The maximum Gasteiger partial charge on any atom is 0.158 e. The minimum absolute atomic E-state index is 0.254. The summed E-state index contributed by atoms with van der Waals surface area (Å²) in [5.74, 6) is 0.921. The SMILES string of the molecule is CN(C)CCC(c1ccccc1)n1ccnc1-c1cnc[nH]1. The van der Waals surface area contributed by atoms with E-state index in [1.807, 2.05) is 18.6 Å². The summed E-state index contributed by atoms with van der Waals surface area (Å²) in [6.45, 7) is 1.01. The van der Waals surface area contributed by atoms with Crippen molar-refractivity contribution in [1.82, 2.24) is 24.4 Å². The van der Waals surface area contributed by atoms with Gasteiger partial charge in [-0.25, -0.2) is 9.97 Å². The lowest BCUT2D eigenvalue weighted by molar-refractivity contribution is 0.368. The zero-order valence-corrected chi connectivity index (χ0v) is 13.0. The molecule has 0 aliphatic rings. The van der Waals surface area contributed by atoms with Crippen molar-refractivity contribution in [3.8, 4) is 11.5 Å². The Labute approximate surface area is 130 Å². The second kappa shape index (κ2) is 6.58. The molecular weight excluding hydrogens is 274 g/mol. The van der Waals surface area contributed by atoms with Crippen molar-refractivity contribution in [3.05, 3.63) is 60.8 Å². The highest BCUT2D eigenvalue weighted by atomic mass is 15.1. The molecule has 0 saturated carbocycles. The smallest absolute Gasteiger partial charge is 0.158 e. The fourth-order valence-corrected chi connectivity index (χ4v) is 2.67. The molecule has 0 radical (unpaired) electrons. The average Bonchev–Trinajstić information content (AvgIpc) is 3.19. The number of nitrogens with zero attached hydrogens (tertiary/aromatic N) is 4. The van der Waals surface area contributed by atoms with Crippen LogP contribution in [0.4, 0.5) is 0 Å². The van der Waals surface area contributed by atoms with Crippen molar-refractivity contribution in [3.63, 3.8) is 0 Å². The molecule has 0 amide bonds. The van der Waals surface area contributed by atoms with Crippen LogP contribution in [0.3, 0.4) is 0 Å². The van der Waals surface area contributed by atoms with E-state index in [4.69, 9.17) is 0 Å². The summed E-state index contributed by atoms with van der Waals surface area (Å²) in [4.78, 5) is 14.0. The number of benzene rings is 1. The molecule has 0 bridgehead atoms. The Morgan fingerprint density at radius 1 is 1.23 bits per heavy atom. The maximum atomic E-state index is 4.51. The molecule has 2 aromatic heterocycles. The van der Waals surface area contributed by atoms with E-state index in [0.29, 0.717) is 0 Å². The molecule has 0 aliphatic heterocycles. The predicted octanol–water partition coefficient (Wildman–Crippen LogP) is 2.81. The fourth-order valence-electron chi connectivity index (χ4n) is 2.67. The minimum Gasteiger partial charge on any atom is -0.342 e. The predicted molar refractivity (Wildman–Crippen MR) is 87.6 cm³/mol.